The highest BCUT2D eigenvalue weighted by molar-refractivity contribution is 5.95. The molecule has 3 rings (SSSR count). The van der Waals surface area contributed by atoms with Crippen LogP contribution >= 0.6 is 0 Å². The second kappa shape index (κ2) is 15.5. The predicted octanol–water partition coefficient (Wildman–Crippen LogP) is 4.00. The number of nitrogens with two attached hydrogens (primary N) is 2. The number of nitrogen functional groups attached to an aromatic ring is 1. The minimum Gasteiger partial charge on any atom is -0.384 e. The van der Waals surface area contributed by atoms with E-state index in [0.717, 1.165) is 12.0 Å². The van der Waals surface area contributed by atoms with Crippen LogP contribution in [0.1, 0.15) is 71.9 Å². The lowest BCUT2D eigenvalue weighted by Crippen LogP contribution is -2.52. The van der Waals surface area contributed by atoms with Gasteiger partial charge in [-0.2, -0.15) is 0 Å². The Morgan fingerprint density at radius 2 is 1.76 bits per heavy atom. The summed E-state index contributed by atoms with van der Waals surface area (Å²) in [7, 11) is 0. The zero-order chi connectivity index (χ0) is 31.0. The number of hydrogen-bond acceptors (Lipinski definition) is 5. The molecule has 232 valence electrons. The van der Waals surface area contributed by atoms with Crippen molar-refractivity contribution in [3.63, 3.8) is 0 Å². The lowest BCUT2D eigenvalue weighted by molar-refractivity contribution is -0.137. The molecule has 1 unspecified atom stereocenters. The molecule has 1 aliphatic heterocycles. The van der Waals surface area contributed by atoms with Crippen molar-refractivity contribution >= 4 is 17.6 Å². The van der Waals surface area contributed by atoms with Gasteiger partial charge in [-0.3, -0.25) is 15.0 Å². The van der Waals surface area contributed by atoms with E-state index >= 15 is 0 Å². The summed E-state index contributed by atoms with van der Waals surface area (Å²) in [4.78, 5) is 28.5. The van der Waals surface area contributed by atoms with Crippen molar-refractivity contribution in [2.24, 2.45) is 41.1 Å². The van der Waals surface area contributed by atoms with Crippen LogP contribution < -0.4 is 22.1 Å². The van der Waals surface area contributed by atoms with E-state index in [1.807, 2.05) is 29.2 Å². The SMILES string of the molecule is CC(C)C1=CC(C(C)C)CC(C(C)C)=C1CN[C@@H](Cc1cccc(C(=N)N)c1)C(=O)N1CCC(C(=O)NCCN)CC1. The van der Waals surface area contributed by atoms with Crippen LogP contribution in [0, 0.1) is 35.0 Å². The number of allylic oxidation sites excluding steroid dienone is 2. The first-order valence-corrected chi connectivity index (χ1v) is 15.8. The van der Waals surface area contributed by atoms with Gasteiger partial charge >= 0.3 is 0 Å². The molecule has 0 bridgehead atoms. The molecule has 2 atom stereocenters. The Hall–Kier alpha value is -2.97. The number of benzene rings is 1. The van der Waals surface area contributed by atoms with Crippen LogP contribution in [0.15, 0.2) is 47.1 Å². The number of hydrogen-bond donors (Lipinski definition) is 5. The number of nitrogens with zero attached hydrogens (tertiary/aromatic N) is 1. The summed E-state index contributed by atoms with van der Waals surface area (Å²) in [5, 5.41) is 14.5. The van der Waals surface area contributed by atoms with E-state index in [0.29, 0.717) is 81.2 Å². The second-order valence-corrected chi connectivity index (χ2v) is 13.0. The Kier molecular flexibility index (Phi) is 12.4. The molecular weight excluding hydrogens is 524 g/mol. The molecule has 0 aromatic heterocycles. The zero-order valence-corrected chi connectivity index (χ0v) is 26.6. The van der Waals surface area contributed by atoms with Crippen LogP contribution in [0.2, 0.25) is 0 Å². The molecule has 1 aromatic carbocycles. The Bertz CT molecular complexity index is 1160. The number of amidine groups is 1. The quantitative estimate of drug-likeness (QED) is 0.178. The molecule has 42 heavy (non-hydrogen) atoms. The number of likely N-dealkylation sites (tertiary alicyclic amines) is 1. The third-order valence-corrected chi connectivity index (χ3v) is 8.88. The highest BCUT2D eigenvalue weighted by atomic mass is 16.2. The van der Waals surface area contributed by atoms with E-state index < -0.39 is 6.04 Å². The van der Waals surface area contributed by atoms with Crippen LogP contribution in [0.25, 0.3) is 0 Å². The van der Waals surface area contributed by atoms with E-state index in [-0.39, 0.29) is 23.6 Å². The summed E-state index contributed by atoms with van der Waals surface area (Å²) in [5.74, 6) is 1.93. The smallest absolute Gasteiger partial charge is 0.240 e. The number of amides is 2. The molecule has 8 heteroatoms. The van der Waals surface area contributed by atoms with Crippen LogP contribution in [0.4, 0.5) is 0 Å². The fraction of sp³-hybridized carbons (Fsp3) is 0.618. The number of rotatable bonds is 13. The van der Waals surface area contributed by atoms with Gasteiger partial charge in [0.15, 0.2) is 0 Å². The number of piperidine rings is 1. The van der Waals surface area contributed by atoms with Crippen molar-refractivity contribution in [1.29, 1.82) is 5.41 Å². The number of carbonyl (C=O) groups excluding carboxylic acids is 2. The summed E-state index contributed by atoms with van der Waals surface area (Å²) in [5.41, 5.74) is 17.2. The molecule has 0 radical (unpaired) electrons. The monoisotopic (exact) mass is 578 g/mol. The molecule has 0 saturated carbocycles. The maximum atomic E-state index is 14.1. The number of nitrogens with one attached hydrogen (secondary N) is 3. The van der Waals surface area contributed by atoms with Crippen molar-refractivity contribution in [3.05, 3.63) is 58.2 Å². The molecule has 0 spiro atoms. The zero-order valence-electron chi connectivity index (χ0n) is 26.6. The molecule has 1 aromatic rings. The Morgan fingerprint density at radius 3 is 2.33 bits per heavy atom. The van der Waals surface area contributed by atoms with Crippen LogP contribution in [-0.2, 0) is 16.0 Å². The second-order valence-electron chi connectivity index (χ2n) is 13.0. The van der Waals surface area contributed by atoms with Gasteiger partial charge in [0.05, 0.1) is 6.04 Å². The van der Waals surface area contributed by atoms with E-state index in [2.05, 4.69) is 58.3 Å². The molecule has 1 aliphatic carbocycles. The van der Waals surface area contributed by atoms with Gasteiger partial charge in [-0.15, -0.1) is 0 Å². The lowest BCUT2D eigenvalue weighted by atomic mass is 9.73. The number of carbonyl (C=O) groups is 2. The van der Waals surface area contributed by atoms with Crippen molar-refractivity contribution in [1.82, 2.24) is 15.5 Å². The molecule has 1 heterocycles. The minimum absolute atomic E-state index is 0.0167. The first kappa shape index (κ1) is 33.5. The first-order valence-electron chi connectivity index (χ1n) is 15.8. The maximum absolute atomic E-state index is 14.1. The van der Waals surface area contributed by atoms with Crippen molar-refractivity contribution in [2.45, 2.75) is 73.3 Å². The van der Waals surface area contributed by atoms with Gasteiger partial charge < -0.3 is 27.0 Å². The molecular formula is C34H54N6O2. The van der Waals surface area contributed by atoms with Gasteiger partial charge in [-0.1, -0.05) is 71.4 Å². The highest BCUT2D eigenvalue weighted by Crippen LogP contribution is 2.39. The predicted molar refractivity (Wildman–Crippen MR) is 172 cm³/mol. The van der Waals surface area contributed by atoms with Crippen molar-refractivity contribution in [2.75, 3.05) is 32.7 Å². The fourth-order valence-electron chi connectivity index (χ4n) is 6.22. The van der Waals surface area contributed by atoms with Crippen LogP contribution in [-0.4, -0.2) is 61.3 Å². The standard InChI is InChI=1S/C34H54N6O2/c1-21(2)27-18-28(22(3)4)30(29(19-27)23(5)6)20-39-31(17-24-8-7-9-26(16-24)32(36)37)34(42)40-14-10-25(11-15-40)33(41)38-13-12-35/h7-9,16,18,21-23,25,27,31,39H,10-15,17,19-20,35H2,1-6H3,(H3,36,37)(H,38,41)/t27?,31-/m0/s1. The van der Waals surface area contributed by atoms with Gasteiger partial charge in [0.25, 0.3) is 0 Å². The average molecular weight is 579 g/mol. The largest absolute Gasteiger partial charge is 0.384 e. The lowest BCUT2D eigenvalue weighted by Gasteiger charge is -2.36. The van der Waals surface area contributed by atoms with Crippen molar-refractivity contribution in [3.8, 4) is 0 Å². The summed E-state index contributed by atoms with van der Waals surface area (Å²) in [6.07, 6.45) is 5.33. The van der Waals surface area contributed by atoms with Crippen LogP contribution in [0.5, 0.6) is 0 Å². The molecule has 2 amide bonds. The van der Waals surface area contributed by atoms with Gasteiger partial charge in [-0.05, 0) is 72.1 Å². The molecule has 7 N–H and O–H groups in total. The fourth-order valence-corrected chi connectivity index (χ4v) is 6.22. The van der Waals surface area contributed by atoms with E-state index in [1.54, 1.807) is 0 Å². The summed E-state index contributed by atoms with van der Waals surface area (Å²) < 4.78 is 0. The molecule has 8 nitrogen and oxygen atoms in total. The molecule has 1 fully saturated rings. The average Bonchev–Trinajstić information content (AvgIpc) is 2.97. The minimum atomic E-state index is -0.438. The maximum Gasteiger partial charge on any atom is 0.240 e. The van der Waals surface area contributed by atoms with Crippen LogP contribution in [0.3, 0.4) is 0 Å². The topological polar surface area (TPSA) is 137 Å². The molecule has 2 aliphatic rings. The van der Waals surface area contributed by atoms with Gasteiger partial charge in [0.2, 0.25) is 11.8 Å². The highest BCUT2D eigenvalue weighted by Gasteiger charge is 2.32. The Labute approximate surface area is 253 Å². The van der Waals surface area contributed by atoms with Crippen molar-refractivity contribution < 1.29 is 9.59 Å². The third-order valence-electron chi connectivity index (χ3n) is 8.88. The summed E-state index contributed by atoms with van der Waals surface area (Å²) in [6.45, 7) is 16.3. The summed E-state index contributed by atoms with van der Waals surface area (Å²) in [6, 6.07) is 7.18. The summed E-state index contributed by atoms with van der Waals surface area (Å²) >= 11 is 0. The third kappa shape index (κ3) is 8.77. The first-order chi connectivity index (χ1) is 19.9. The van der Waals surface area contributed by atoms with Gasteiger partial charge in [0, 0.05) is 44.2 Å². The van der Waals surface area contributed by atoms with Gasteiger partial charge in [0.1, 0.15) is 5.84 Å². The van der Waals surface area contributed by atoms with E-state index in [9.17, 15) is 9.59 Å². The molecule has 1 saturated heterocycles. The Morgan fingerprint density at radius 1 is 1.07 bits per heavy atom. The van der Waals surface area contributed by atoms with Gasteiger partial charge in [-0.25, -0.2) is 0 Å². The Balaban J connectivity index is 1.85. The van der Waals surface area contributed by atoms with E-state index in [4.69, 9.17) is 16.9 Å². The normalized spacial score (nSPS) is 19.0. The van der Waals surface area contributed by atoms with E-state index in [1.165, 1.54) is 16.7 Å².